The van der Waals surface area contributed by atoms with Crippen molar-refractivity contribution in [2.45, 2.75) is 24.8 Å². The van der Waals surface area contributed by atoms with E-state index >= 15 is 0 Å². The van der Waals surface area contributed by atoms with Gasteiger partial charge >= 0.3 is 30.9 Å². The van der Waals surface area contributed by atoms with E-state index in [4.69, 9.17) is 16.3 Å². The summed E-state index contributed by atoms with van der Waals surface area (Å²) in [5.74, 6) is -16.2. The first-order chi connectivity index (χ1) is 25.5. The van der Waals surface area contributed by atoms with Crippen LogP contribution in [-0.2, 0) is 20.8 Å². The highest BCUT2D eigenvalue weighted by atomic mass is 35.5. The van der Waals surface area contributed by atoms with Crippen molar-refractivity contribution in [2.24, 2.45) is 0 Å². The van der Waals surface area contributed by atoms with Crippen LogP contribution in [-0.4, -0.2) is 110 Å². The van der Waals surface area contributed by atoms with Gasteiger partial charge in [-0.3, -0.25) is 29.1 Å². The Morgan fingerprint density at radius 2 is 1.67 bits per heavy atom. The Morgan fingerprint density at radius 1 is 0.981 bits per heavy atom. The number of phenolic OH excluding ortho intramolecular Hbond substituents is 2. The van der Waals surface area contributed by atoms with Crippen LogP contribution in [0.2, 0.25) is 5.02 Å². The molecule has 0 spiro atoms. The Labute approximate surface area is 305 Å². The van der Waals surface area contributed by atoms with Gasteiger partial charge < -0.3 is 45.8 Å². The molecule has 2 aliphatic heterocycles. The number of phenols is 2. The number of urea groups is 1. The van der Waals surface area contributed by atoms with Gasteiger partial charge in [0, 0.05) is 31.7 Å². The smallest absolute Gasteiger partial charge is 0.534 e. The molecule has 7 N–H and O–H groups in total. The van der Waals surface area contributed by atoms with E-state index < -0.39 is 124 Å². The van der Waals surface area contributed by atoms with Crippen molar-refractivity contribution >= 4 is 54.3 Å². The van der Waals surface area contributed by atoms with Gasteiger partial charge in [-0.05, 0) is 30.5 Å². The molecule has 54 heavy (non-hydrogen) atoms. The maximum Gasteiger partial charge on any atom is 0.547 e. The number of carbonyl (C=O) groups is 6. The van der Waals surface area contributed by atoms with Gasteiger partial charge in [0.05, 0.1) is 23.4 Å². The van der Waals surface area contributed by atoms with E-state index in [9.17, 15) is 66.7 Å². The molecule has 3 heterocycles. The highest BCUT2D eigenvalue weighted by molar-refractivity contribution is 6.47. The molecule has 3 aromatic rings. The molecule has 0 radical (unpaired) electrons. The standard InChI is InChI=1S/C31H26BClF4N6O11/c33-21-13(9-15(35)23(44)24(21)45)22(27(47)40-18-8-12-2-3-14(34)20(30(50)51)25(12)54-32(18)53)41-31(52)43-7-6-42(28(48)29(43)49)5-1-4-39-26(46)19-16(36)10-38-11-17(19)37/h2-3,9-11,18,22,44-45,53H,1,4-8H2,(H,39,46)(H,40,47)(H,41,52)(H,50,51)/t18-,22?/m0/s1. The molecule has 0 saturated carbocycles. The minimum Gasteiger partial charge on any atom is -0.534 e. The molecule has 1 saturated heterocycles. The molecule has 5 rings (SSSR count). The second-order valence-electron chi connectivity index (χ2n) is 11.7. The quantitative estimate of drug-likeness (QED) is 0.0496. The van der Waals surface area contributed by atoms with E-state index in [1.807, 2.05) is 0 Å². The highest BCUT2D eigenvalue weighted by Gasteiger charge is 2.42. The number of carboxylic acids is 1. The van der Waals surface area contributed by atoms with Gasteiger partial charge in [-0.15, -0.1) is 0 Å². The summed E-state index contributed by atoms with van der Waals surface area (Å²) in [4.78, 5) is 81.4. The van der Waals surface area contributed by atoms with Gasteiger partial charge in [-0.1, -0.05) is 17.7 Å². The summed E-state index contributed by atoms with van der Waals surface area (Å²) in [6, 6.07) is -1.07. The zero-order valence-electron chi connectivity index (χ0n) is 27.2. The third kappa shape index (κ3) is 7.78. The number of benzene rings is 2. The number of piperazine rings is 1. The molecule has 1 fully saturated rings. The molecular formula is C31H26BClF4N6O11. The molecule has 6 amide bonds. The lowest BCUT2D eigenvalue weighted by Gasteiger charge is -2.34. The number of amides is 6. The summed E-state index contributed by atoms with van der Waals surface area (Å²) >= 11 is 6.10. The van der Waals surface area contributed by atoms with Crippen LogP contribution in [0.25, 0.3) is 0 Å². The largest absolute Gasteiger partial charge is 0.547 e. The summed E-state index contributed by atoms with van der Waals surface area (Å²) in [5, 5.41) is 45.8. The lowest BCUT2D eigenvalue weighted by atomic mass is 9.72. The lowest BCUT2D eigenvalue weighted by Crippen LogP contribution is -2.60. The van der Waals surface area contributed by atoms with Gasteiger partial charge in [0.25, 0.3) is 5.91 Å². The number of aromatic nitrogens is 1. The number of rotatable bonds is 10. The van der Waals surface area contributed by atoms with Crippen molar-refractivity contribution < 1.29 is 71.3 Å². The van der Waals surface area contributed by atoms with Crippen LogP contribution in [0.1, 0.15) is 44.3 Å². The van der Waals surface area contributed by atoms with Crippen LogP contribution in [0.4, 0.5) is 22.4 Å². The minimum absolute atomic E-state index is 0.00962. The molecular weight excluding hydrogens is 755 g/mol. The van der Waals surface area contributed by atoms with Crippen molar-refractivity contribution in [2.75, 3.05) is 26.2 Å². The van der Waals surface area contributed by atoms with Crippen molar-refractivity contribution in [3.63, 3.8) is 0 Å². The number of aromatic carboxylic acids is 1. The topological polar surface area (TPSA) is 248 Å². The molecule has 23 heteroatoms. The third-order valence-electron chi connectivity index (χ3n) is 8.31. The molecule has 2 aliphatic rings. The van der Waals surface area contributed by atoms with Crippen LogP contribution in [0.5, 0.6) is 17.2 Å². The average Bonchev–Trinajstić information content (AvgIpc) is 3.11. The summed E-state index contributed by atoms with van der Waals surface area (Å²) < 4.78 is 61.6. The van der Waals surface area contributed by atoms with Crippen LogP contribution in [0.3, 0.4) is 0 Å². The number of fused-ring (bicyclic) bond motifs is 1. The third-order valence-corrected chi connectivity index (χ3v) is 8.71. The van der Waals surface area contributed by atoms with Gasteiger partial charge in [0.15, 0.2) is 29.0 Å². The summed E-state index contributed by atoms with van der Waals surface area (Å²) in [5.41, 5.74) is -2.38. The monoisotopic (exact) mass is 780 g/mol. The van der Waals surface area contributed by atoms with Crippen molar-refractivity contribution in [3.8, 4) is 17.2 Å². The first-order valence-corrected chi connectivity index (χ1v) is 16.0. The van der Waals surface area contributed by atoms with E-state index in [1.165, 1.54) is 0 Å². The Hall–Kier alpha value is -6.16. The van der Waals surface area contributed by atoms with Crippen LogP contribution in [0, 0.1) is 23.3 Å². The van der Waals surface area contributed by atoms with Crippen LogP contribution >= 0.6 is 11.6 Å². The fourth-order valence-corrected chi connectivity index (χ4v) is 5.87. The molecule has 2 aromatic carbocycles. The fourth-order valence-electron chi connectivity index (χ4n) is 5.61. The van der Waals surface area contributed by atoms with Crippen LogP contribution in [0.15, 0.2) is 30.6 Å². The number of hydrogen-bond acceptors (Lipinski definition) is 11. The Bertz CT molecular complexity index is 2060. The van der Waals surface area contributed by atoms with Gasteiger partial charge in [0.2, 0.25) is 5.91 Å². The van der Waals surface area contributed by atoms with Gasteiger partial charge in [0.1, 0.15) is 28.7 Å². The number of halogens is 5. The Balaban J connectivity index is 1.28. The predicted molar refractivity (Wildman–Crippen MR) is 173 cm³/mol. The molecule has 0 aliphatic carbocycles. The van der Waals surface area contributed by atoms with E-state index in [1.54, 1.807) is 0 Å². The van der Waals surface area contributed by atoms with Crippen LogP contribution < -0.4 is 20.6 Å². The SMILES string of the molecule is O=C(NCCCN1CCN(C(=O)NC(C(=O)N[C@H]2Cc3ccc(F)c(C(=O)O)c3OB2O)c2cc(F)c(O)c(O)c2Cl)C(=O)C1=O)c1c(F)cncc1F. The number of hydrogen-bond donors (Lipinski definition) is 7. The Morgan fingerprint density at radius 3 is 2.33 bits per heavy atom. The number of nitrogens with one attached hydrogen (secondary N) is 3. The lowest BCUT2D eigenvalue weighted by molar-refractivity contribution is -0.153. The minimum atomic E-state index is -2.11. The van der Waals surface area contributed by atoms with E-state index in [2.05, 4.69) is 20.9 Å². The molecule has 2 atom stereocenters. The predicted octanol–water partition coefficient (Wildman–Crippen LogP) is 0.782. The number of carboxylic acid groups (broad SMARTS) is 1. The van der Waals surface area contributed by atoms with Crippen molar-refractivity contribution in [1.29, 1.82) is 0 Å². The molecule has 1 unspecified atom stereocenters. The zero-order chi connectivity index (χ0) is 39.6. The van der Waals surface area contributed by atoms with Crippen molar-refractivity contribution in [3.05, 3.63) is 81.1 Å². The summed E-state index contributed by atoms with van der Waals surface area (Å²) in [7, 11) is -2.00. The number of carbonyl (C=O) groups excluding carboxylic acids is 5. The first-order valence-electron chi connectivity index (χ1n) is 15.6. The number of nitrogens with zero attached hydrogens (tertiary/aromatic N) is 3. The Kier molecular flexibility index (Phi) is 11.5. The molecule has 17 nitrogen and oxygen atoms in total. The highest BCUT2D eigenvalue weighted by Crippen LogP contribution is 2.40. The number of imide groups is 1. The number of aromatic hydroxyl groups is 2. The van der Waals surface area contributed by atoms with Crippen molar-refractivity contribution in [1.82, 2.24) is 30.7 Å². The molecule has 1 aromatic heterocycles. The second kappa shape index (κ2) is 15.8. The fraction of sp³-hybridized carbons (Fsp3) is 0.258. The zero-order valence-corrected chi connectivity index (χ0v) is 28.0. The summed E-state index contributed by atoms with van der Waals surface area (Å²) in [6.45, 7) is -1.04. The normalized spacial score (nSPS) is 16.0. The maximum atomic E-state index is 14.6. The number of pyridine rings is 1. The van der Waals surface area contributed by atoms with E-state index in [-0.39, 0.29) is 38.0 Å². The molecule has 284 valence electrons. The molecule has 0 bridgehead atoms. The maximum absolute atomic E-state index is 14.6. The van der Waals surface area contributed by atoms with Gasteiger partial charge in [-0.25, -0.2) is 27.2 Å². The van der Waals surface area contributed by atoms with E-state index in [0.29, 0.717) is 23.4 Å². The average molecular weight is 781 g/mol. The second-order valence-corrected chi connectivity index (χ2v) is 12.1. The van der Waals surface area contributed by atoms with Gasteiger partial charge in [-0.2, -0.15) is 0 Å². The first kappa shape index (κ1) is 39.1. The van der Waals surface area contributed by atoms with E-state index in [0.717, 1.165) is 17.0 Å². The summed E-state index contributed by atoms with van der Waals surface area (Å²) in [6.07, 6.45) is 0.943.